The summed E-state index contributed by atoms with van der Waals surface area (Å²) >= 11 is 0. The molecule has 0 aromatic carbocycles. The van der Waals surface area contributed by atoms with E-state index in [0.717, 1.165) is 45.1 Å². The smallest absolute Gasteiger partial charge is 0.336 e. The molecule has 3 heterocycles. The standard InChI is InChI=1S/C32H52N2O9/c1-3-18(15-35)31(40)42-24-13-22-28(39)27-23(38)12-21(16-36)41-30(27)26(19-5-4-6-20(37)11-19)29(22)43-32(24,2)10-9-17-7-8-25(33)34-14-17/h3,17,19-22,24-30,34-37,39H,4-16,33H2,1-2H3/p+1/t17?,19?,20?,21?,22?,24-,25?,26?,27?,28?,29?,30?,32-/m0/s1. The van der Waals surface area contributed by atoms with E-state index in [4.69, 9.17) is 19.9 Å². The van der Waals surface area contributed by atoms with Crippen LogP contribution in [-0.4, -0.2) is 100 Å². The lowest BCUT2D eigenvalue weighted by Gasteiger charge is -2.59. The first-order valence-corrected chi connectivity index (χ1v) is 16.5. The number of esters is 1. The highest BCUT2D eigenvalue weighted by molar-refractivity contribution is 5.88. The molecule has 11 unspecified atom stereocenters. The Balaban J connectivity index is 1.48. The zero-order valence-electron chi connectivity index (χ0n) is 25.7. The second-order valence-electron chi connectivity index (χ2n) is 14.0. The van der Waals surface area contributed by atoms with Crippen molar-refractivity contribution in [3.63, 3.8) is 0 Å². The number of ketones is 1. The number of aliphatic hydroxyl groups is 4. The van der Waals surface area contributed by atoms with Crippen molar-refractivity contribution in [2.24, 2.45) is 35.3 Å². The summed E-state index contributed by atoms with van der Waals surface area (Å²) in [6, 6.07) is 0. The van der Waals surface area contributed by atoms with Crippen LogP contribution in [0.2, 0.25) is 0 Å². The summed E-state index contributed by atoms with van der Waals surface area (Å²) in [7, 11) is 0. The van der Waals surface area contributed by atoms with Gasteiger partial charge in [0, 0.05) is 30.6 Å². The monoisotopic (exact) mass is 609 g/mol. The minimum absolute atomic E-state index is 0.0169. The van der Waals surface area contributed by atoms with Gasteiger partial charge in [0.1, 0.15) is 23.7 Å². The summed E-state index contributed by atoms with van der Waals surface area (Å²) in [6.07, 6.45) is 4.44. The van der Waals surface area contributed by atoms with Crippen LogP contribution >= 0.6 is 0 Å². The minimum atomic E-state index is -1.06. The molecule has 3 aliphatic heterocycles. The van der Waals surface area contributed by atoms with Crippen molar-refractivity contribution in [3.05, 3.63) is 11.6 Å². The fraction of sp³-hybridized carbons (Fsp3) is 0.875. The molecule has 0 aromatic heterocycles. The molecule has 244 valence electrons. The number of aliphatic hydroxyl groups excluding tert-OH is 4. The van der Waals surface area contributed by atoms with Crippen LogP contribution in [0.1, 0.15) is 78.1 Å². The lowest BCUT2D eigenvalue weighted by Crippen LogP contribution is -2.95. The number of fused-ring (bicyclic) bond motifs is 2. The van der Waals surface area contributed by atoms with Crippen molar-refractivity contribution >= 4 is 11.8 Å². The third-order valence-corrected chi connectivity index (χ3v) is 11.3. The van der Waals surface area contributed by atoms with Crippen LogP contribution in [0, 0.1) is 29.6 Å². The van der Waals surface area contributed by atoms with Gasteiger partial charge in [0.25, 0.3) is 0 Å². The van der Waals surface area contributed by atoms with Gasteiger partial charge in [-0.2, -0.15) is 0 Å². The van der Waals surface area contributed by atoms with Crippen LogP contribution in [0.15, 0.2) is 11.6 Å². The number of rotatable bonds is 8. The average Bonchev–Trinajstić information content (AvgIpc) is 2.98. The number of quaternary nitrogens is 1. The SMILES string of the molecule is CC=C(CO)C(=O)O[C@H]1CC2C(O)C3C(=O)CC(CO)OC3C(C3CCCC(O)C3)C2O[C@@]1(C)CCC1CCC(N)[NH2+]C1. The van der Waals surface area contributed by atoms with Gasteiger partial charge in [-0.3, -0.25) is 10.5 Å². The third-order valence-electron chi connectivity index (χ3n) is 11.3. The summed E-state index contributed by atoms with van der Waals surface area (Å²) < 4.78 is 19.6. The van der Waals surface area contributed by atoms with Crippen molar-refractivity contribution in [1.82, 2.24) is 0 Å². The summed E-state index contributed by atoms with van der Waals surface area (Å²) in [5.41, 5.74) is 5.37. The van der Waals surface area contributed by atoms with Gasteiger partial charge in [0.05, 0.1) is 61.8 Å². The first-order chi connectivity index (χ1) is 20.6. The molecule has 5 rings (SSSR count). The maximum absolute atomic E-state index is 13.5. The Morgan fingerprint density at radius 2 is 1.95 bits per heavy atom. The highest BCUT2D eigenvalue weighted by atomic mass is 16.6. The van der Waals surface area contributed by atoms with Crippen LogP contribution in [0.3, 0.4) is 0 Å². The van der Waals surface area contributed by atoms with Gasteiger partial charge in [-0.25, -0.2) is 4.79 Å². The van der Waals surface area contributed by atoms with Crippen molar-refractivity contribution in [2.75, 3.05) is 19.8 Å². The van der Waals surface area contributed by atoms with Gasteiger partial charge in [0.2, 0.25) is 0 Å². The number of ether oxygens (including phenoxy) is 3. The van der Waals surface area contributed by atoms with E-state index in [2.05, 4.69) is 5.32 Å². The van der Waals surface area contributed by atoms with Crippen molar-refractivity contribution in [3.8, 4) is 0 Å². The molecule has 11 heteroatoms. The van der Waals surface area contributed by atoms with E-state index < -0.39 is 66.6 Å². The predicted molar refractivity (Wildman–Crippen MR) is 155 cm³/mol. The van der Waals surface area contributed by atoms with E-state index in [0.29, 0.717) is 25.2 Å². The number of piperidine rings is 1. The quantitative estimate of drug-likeness (QED) is 0.161. The van der Waals surface area contributed by atoms with E-state index in [1.165, 1.54) is 6.08 Å². The maximum atomic E-state index is 13.5. The van der Waals surface area contributed by atoms with E-state index in [1.54, 1.807) is 6.92 Å². The Morgan fingerprint density at radius 1 is 1.16 bits per heavy atom. The zero-order valence-corrected chi connectivity index (χ0v) is 25.7. The highest BCUT2D eigenvalue weighted by Crippen LogP contribution is 2.53. The van der Waals surface area contributed by atoms with Crippen molar-refractivity contribution in [1.29, 1.82) is 0 Å². The number of Topliss-reactive ketones (excluding diaryl/α,β-unsaturated/α-hetero) is 1. The van der Waals surface area contributed by atoms with Crippen LogP contribution in [0.5, 0.6) is 0 Å². The van der Waals surface area contributed by atoms with E-state index in [-0.39, 0.29) is 42.4 Å². The molecular weight excluding hydrogens is 556 g/mol. The van der Waals surface area contributed by atoms with Gasteiger partial charge < -0.3 is 40.0 Å². The number of nitrogens with two attached hydrogens (primary N) is 2. The highest BCUT2D eigenvalue weighted by Gasteiger charge is 2.62. The fourth-order valence-corrected chi connectivity index (χ4v) is 8.72. The van der Waals surface area contributed by atoms with E-state index in [1.807, 2.05) is 6.92 Å². The first-order valence-electron chi connectivity index (χ1n) is 16.5. The molecule has 13 atom stereocenters. The molecule has 2 aliphatic carbocycles. The summed E-state index contributed by atoms with van der Waals surface area (Å²) in [4.78, 5) is 26.6. The summed E-state index contributed by atoms with van der Waals surface area (Å²) in [5, 5.41) is 44.3. The van der Waals surface area contributed by atoms with E-state index >= 15 is 0 Å². The van der Waals surface area contributed by atoms with Gasteiger partial charge >= 0.3 is 5.97 Å². The second-order valence-corrected chi connectivity index (χ2v) is 14.0. The Kier molecular flexibility index (Phi) is 10.7. The number of allylic oxidation sites excluding steroid dienone is 1. The predicted octanol–water partition coefficient (Wildman–Crippen LogP) is -0.0841. The van der Waals surface area contributed by atoms with Gasteiger partial charge in [-0.15, -0.1) is 0 Å². The molecule has 43 heavy (non-hydrogen) atoms. The van der Waals surface area contributed by atoms with Crippen LogP contribution in [0.25, 0.3) is 0 Å². The molecule has 11 nitrogen and oxygen atoms in total. The second kappa shape index (κ2) is 13.9. The molecule has 0 amide bonds. The Bertz CT molecular complexity index is 1020. The van der Waals surface area contributed by atoms with Crippen LogP contribution in [-0.2, 0) is 23.8 Å². The van der Waals surface area contributed by atoms with Crippen molar-refractivity contribution < 1.29 is 49.5 Å². The molecule has 5 aliphatic rings. The summed E-state index contributed by atoms with van der Waals surface area (Å²) in [5.74, 6) is -1.82. The maximum Gasteiger partial charge on any atom is 0.336 e. The van der Waals surface area contributed by atoms with E-state index in [9.17, 15) is 30.0 Å². The molecule has 3 saturated heterocycles. The Hall–Kier alpha value is -1.44. The topological polar surface area (TPSA) is 185 Å². The molecule has 2 saturated carbocycles. The van der Waals surface area contributed by atoms with Crippen LogP contribution < -0.4 is 11.1 Å². The molecular formula is C32H53N2O9+. The van der Waals surface area contributed by atoms with Crippen molar-refractivity contribution in [2.45, 2.75) is 126 Å². The Labute approximate surface area is 254 Å². The summed E-state index contributed by atoms with van der Waals surface area (Å²) in [6.45, 7) is 3.84. The molecule has 0 spiro atoms. The van der Waals surface area contributed by atoms with Gasteiger partial charge in [-0.05, 0) is 64.7 Å². The lowest BCUT2D eigenvalue weighted by atomic mass is 9.58. The minimum Gasteiger partial charge on any atom is -0.456 e. The molecule has 8 N–H and O–H groups in total. The number of hydrogen-bond donors (Lipinski definition) is 6. The number of carbonyl (C=O) groups is 2. The van der Waals surface area contributed by atoms with Gasteiger partial charge in [-0.1, -0.05) is 12.5 Å². The third kappa shape index (κ3) is 6.89. The lowest BCUT2D eigenvalue weighted by molar-refractivity contribution is -0.703. The number of hydrogen-bond acceptors (Lipinski definition) is 10. The molecule has 0 aromatic rings. The first kappa shape index (κ1) is 32.9. The molecule has 5 fully saturated rings. The molecule has 0 bridgehead atoms. The average molecular weight is 610 g/mol. The van der Waals surface area contributed by atoms with Crippen LogP contribution in [0.4, 0.5) is 0 Å². The Morgan fingerprint density at radius 3 is 2.60 bits per heavy atom. The molecule has 0 radical (unpaired) electrons. The van der Waals surface area contributed by atoms with Gasteiger partial charge in [0.15, 0.2) is 0 Å². The normalized spacial score (nSPS) is 45.7. The zero-order chi connectivity index (χ0) is 30.9. The largest absolute Gasteiger partial charge is 0.456 e. The number of carbonyl (C=O) groups excluding carboxylic acids is 2. The fourth-order valence-electron chi connectivity index (χ4n) is 8.72.